The molecule has 1 aliphatic carbocycles. The fourth-order valence-electron chi connectivity index (χ4n) is 2.61. The first-order chi connectivity index (χ1) is 13.7. The number of methoxy groups -OCH3 is 1. The Labute approximate surface area is 167 Å². The van der Waals surface area contributed by atoms with Crippen molar-refractivity contribution in [3.63, 3.8) is 0 Å². The Morgan fingerprint density at radius 1 is 1.21 bits per heavy atom. The van der Waals surface area contributed by atoms with Crippen LogP contribution in [0.15, 0.2) is 48.0 Å². The summed E-state index contributed by atoms with van der Waals surface area (Å²) in [5.41, 5.74) is 2.28. The number of thiazole rings is 1. The molecule has 7 heteroatoms. The van der Waals surface area contributed by atoms with Crippen LogP contribution in [0.3, 0.4) is 0 Å². The largest absolute Gasteiger partial charge is 0.497 e. The molecular formula is C21H21N3O3S. The summed E-state index contributed by atoms with van der Waals surface area (Å²) in [6.07, 6.45) is 4.23. The Hall–Kier alpha value is -2.93. The number of hydrogen-bond acceptors (Lipinski definition) is 6. The van der Waals surface area contributed by atoms with Gasteiger partial charge in [-0.15, -0.1) is 11.3 Å². The maximum Gasteiger partial charge on any atom is 0.271 e. The van der Waals surface area contributed by atoms with Crippen molar-refractivity contribution >= 4 is 17.2 Å². The van der Waals surface area contributed by atoms with E-state index in [-0.39, 0.29) is 5.91 Å². The predicted octanol–water partition coefficient (Wildman–Crippen LogP) is 3.93. The van der Waals surface area contributed by atoms with Crippen molar-refractivity contribution in [2.75, 3.05) is 13.7 Å². The number of aromatic nitrogens is 2. The van der Waals surface area contributed by atoms with Crippen LogP contribution in [0.2, 0.25) is 0 Å². The number of carbonyl (C=O) groups excluding carboxylic acids is 1. The molecule has 0 spiro atoms. The zero-order valence-electron chi connectivity index (χ0n) is 15.6. The van der Waals surface area contributed by atoms with E-state index in [1.54, 1.807) is 18.7 Å². The first-order valence-electron chi connectivity index (χ1n) is 9.17. The third-order valence-corrected chi connectivity index (χ3v) is 5.38. The van der Waals surface area contributed by atoms with Gasteiger partial charge in [0.2, 0.25) is 5.88 Å². The fraction of sp³-hybridized carbons (Fsp3) is 0.286. The molecule has 0 bridgehead atoms. The van der Waals surface area contributed by atoms with E-state index < -0.39 is 0 Å². The molecule has 1 saturated carbocycles. The molecule has 2 aromatic heterocycles. The molecule has 1 N–H and O–H groups in total. The van der Waals surface area contributed by atoms with Gasteiger partial charge in [0.1, 0.15) is 16.5 Å². The molecule has 1 fully saturated rings. The standard InChI is InChI=1S/C21H21N3O3S/c1-26-17-7-5-16(6-8-17)21-24-18(13-28-21)20(25)23-11-15-4-9-19(22-10-15)27-12-14-2-3-14/h4-10,13-14H,2-3,11-12H2,1H3,(H,23,25). The highest BCUT2D eigenvalue weighted by atomic mass is 32.1. The van der Waals surface area contributed by atoms with Gasteiger partial charge in [-0.2, -0.15) is 0 Å². The molecule has 0 atom stereocenters. The maximum absolute atomic E-state index is 12.4. The van der Waals surface area contributed by atoms with Gasteiger partial charge >= 0.3 is 0 Å². The van der Waals surface area contributed by atoms with Gasteiger partial charge in [0, 0.05) is 29.8 Å². The smallest absolute Gasteiger partial charge is 0.271 e. The monoisotopic (exact) mass is 395 g/mol. The minimum Gasteiger partial charge on any atom is -0.497 e. The van der Waals surface area contributed by atoms with Gasteiger partial charge in [-0.3, -0.25) is 4.79 Å². The van der Waals surface area contributed by atoms with E-state index in [0.717, 1.165) is 28.5 Å². The molecule has 0 radical (unpaired) electrons. The first-order valence-corrected chi connectivity index (χ1v) is 10.0. The minimum atomic E-state index is -0.204. The van der Waals surface area contributed by atoms with Crippen LogP contribution in [0.4, 0.5) is 0 Å². The summed E-state index contributed by atoms with van der Waals surface area (Å²) in [6.45, 7) is 1.13. The highest BCUT2D eigenvalue weighted by molar-refractivity contribution is 7.13. The van der Waals surface area contributed by atoms with Gasteiger partial charge in [0.05, 0.1) is 13.7 Å². The van der Waals surface area contributed by atoms with Crippen molar-refractivity contribution in [3.05, 3.63) is 59.2 Å². The van der Waals surface area contributed by atoms with Crippen molar-refractivity contribution in [2.24, 2.45) is 5.92 Å². The number of hydrogen-bond donors (Lipinski definition) is 1. The van der Waals surface area contributed by atoms with Crippen LogP contribution >= 0.6 is 11.3 Å². The molecule has 3 aromatic rings. The van der Waals surface area contributed by atoms with Crippen LogP contribution in [0, 0.1) is 5.92 Å². The quantitative estimate of drug-likeness (QED) is 0.626. The summed E-state index contributed by atoms with van der Waals surface area (Å²) >= 11 is 1.44. The second-order valence-corrected chi connectivity index (χ2v) is 7.57. The topological polar surface area (TPSA) is 73.3 Å². The Balaban J connectivity index is 1.31. The lowest BCUT2D eigenvalue weighted by Gasteiger charge is -2.06. The summed E-state index contributed by atoms with van der Waals surface area (Å²) in [7, 11) is 1.63. The average molecular weight is 395 g/mol. The summed E-state index contributed by atoms with van der Waals surface area (Å²) in [6, 6.07) is 11.4. The number of nitrogens with one attached hydrogen (secondary N) is 1. The van der Waals surface area contributed by atoms with Gasteiger partial charge in [-0.05, 0) is 48.6 Å². The molecular weight excluding hydrogens is 374 g/mol. The van der Waals surface area contributed by atoms with Gasteiger partial charge in [-0.25, -0.2) is 9.97 Å². The van der Waals surface area contributed by atoms with Crippen LogP contribution in [-0.2, 0) is 6.54 Å². The van der Waals surface area contributed by atoms with Crippen molar-refractivity contribution in [1.29, 1.82) is 0 Å². The molecule has 1 amide bonds. The number of ether oxygens (including phenoxy) is 2. The van der Waals surface area contributed by atoms with Gasteiger partial charge in [0.15, 0.2) is 0 Å². The molecule has 1 aliphatic rings. The molecule has 0 unspecified atom stereocenters. The predicted molar refractivity (Wildman–Crippen MR) is 108 cm³/mol. The SMILES string of the molecule is COc1ccc(-c2nc(C(=O)NCc3ccc(OCC4CC4)nc3)cs2)cc1. The number of amides is 1. The summed E-state index contributed by atoms with van der Waals surface area (Å²) in [5.74, 6) is 1.91. The normalized spacial score (nSPS) is 13.2. The van der Waals surface area contributed by atoms with Crippen molar-refractivity contribution in [2.45, 2.75) is 19.4 Å². The van der Waals surface area contributed by atoms with Crippen LogP contribution in [-0.4, -0.2) is 29.6 Å². The zero-order valence-corrected chi connectivity index (χ0v) is 16.4. The Bertz CT molecular complexity index is 934. The fourth-order valence-corrected chi connectivity index (χ4v) is 3.41. The molecule has 1 aromatic carbocycles. The van der Waals surface area contributed by atoms with Gasteiger partial charge in [0.25, 0.3) is 5.91 Å². The van der Waals surface area contributed by atoms with Crippen molar-refractivity contribution < 1.29 is 14.3 Å². The summed E-state index contributed by atoms with van der Waals surface area (Å²) in [5, 5.41) is 5.45. The van der Waals surface area contributed by atoms with E-state index in [4.69, 9.17) is 9.47 Å². The molecule has 4 rings (SSSR count). The van der Waals surface area contributed by atoms with E-state index in [9.17, 15) is 4.79 Å². The average Bonchev–Trinajstić information content (AvgIpc) is 3.45. The van der Waals surface area contributed by atoms with Gasteiger partial charge < -0.3 is 14.8 Å². The Kier molecular flexibility index (Phi) is 5.53. The highest BCUT2D eigenvalue weighted by Gasteiger charge is 2.22. The van der Waals surface area contributed by atoms with Gasteiger partial charge in [-0.1, -0.05) is 6.07 Å². The molecule has 0 aliphatic heterocycles. The van der Waals surface area contributed by atoms with E-state index in [1.807, 2.05) is 36.4 Å². The Morgan fingerprint density at radius 3 is 2.71 bits per heavy atom. The van der Waals surface area contributed by atoms with Crippen molar-refractivity contribution in [1.82, 2.24) is 15.3 Å². The second kappa shape index (κ2) is 8.39. The van der Waals surface area contributed by atoms with Crippen molar-refractivity contribution in [3.8, 4) is 22.2 Å². The zero-order chi connectivity index (χ0) is 19.3. The molecule has 28 heavy (non-hydrogen) atoms. The summed E-state index contributed by atoms with van der Waals surface area (Å²) < 4.78 is 10.8. The second-order valence-electron chi connectivity index (χ2n) is 6.71. The lowest BCUT2D eigenvalue weighted by Crippen LogP contribution is -2.23. The van der Waals surface area contributed by atoms with E-state index >= 15 is 0 Å². The minimum absolute atomic E-state index is 0.204. The number of carbonyl (C=O) groups is 1. The number of pyridine rings is 1. The van der Waals surface area contributed by atoms with Crippen LogP contribution in [0.1, 0.15) is 28.9 Å². The van der Waals surface area contributed by atoms with Crippen LogP contribution in [0.5, 0.6) is 11.6 Å². The first kappa shape index (κ1) is 18.4. The van der Waals surface area contributed by atoms with Crippen LogP contribution in [0.25, 0.3) is 10.6 Å². The van der Waals surface area contributed by atoms with E-state index in [2.05, 4.69) is 15.3 Å². The Morgan fingerprint density at radius 2 is 2.04 bits per heavy atom. The number of rotatable bonds is 8. The molecule has 0 saturated heterocycles. The molecule has 6 nitrogen and oxygen atoms in total. The highest BCUT2D eigenvalue weighted by Crippen LogP contribution is 2.29. The third kappa shape index (κ3) is 4.67. The lowest BCUT2D eigenvalue weighted by atomic mass is 10.2. The van der Waals surface area contributed by atoms with E-state index in [0.29, 0.717) is 24.0 Å². The summed E-state index contributed by atoms with van der Waals surface area (Å²) in [4.78, 5) is 21.1. The third-order valence-electron chi connectivity index (χ3n) is 4.49. The number of benzene rings is 1. The molecule has 144 valence electrons. The van der Waals surface area contributed by atoms with E-state index in [1.165, 1.54) is 24.2 Å². The van der Waals surface area contributed by atoms with Crippen LogP contribution < -0.4 is 14.8 Å². The lowest BCUT2D eigenvalue weighted by molar-refractivity contribution is 0.0946. The number of nitrogens with zero attached hydrogens (tertiary/aromatic N) is 2. The maximum atomic E-state index is 12.4. The molecule has 2 heterocycles.